The summed E-state index contributed by atoms with van der Waals surface area (Å²) in [6.07, 6.45) is 2.85. The molecule has 3 rings (SSSR count). The van der Waals surface area contributed by atoms with E-state index in [1.54, 1.807) is 19.2 Å². The summed E-state index contributed by atoms with van der Waals surface area (Å²) >= 11 is 0. The van der Waals surface area contributed by atoms with Gasteiger partial charge < -0.3 is 4.90 Å². The number of hydrogen-bond acceptors (Lipinski definition) is 3. The van der Waals surface area contributed by atoms with Crippen LogP contribution in [0.1, 0.15) is 34.5 Å². The van der Waals surface area contributed by atoms with Crippen molar-refractivity contribution in [2.24, 2.45) is 0 Å². The predicted octanol–water partition coefficient (Wildman–Crippen LogP) is 3.11. The van der Waals surface area contributed by atoms with E-state index in [0.29, 0.717) is 11.2 Å². The van der Waals surface area contributed by atoms with Crippen LogP contribution in [0.3, 0.4) is 0 Å². The highest BCUT2D eigenvalue weighted by Gasteiger charge is 2.23. The zero-order valence-electron chi connectivity index (χ0n) is 14.5. The fourth-order valence-electron chi connectivity index (χ4n) is 2.69. The Morgan fingerprint density at radius 1 is 1.19 bits per heavy atom. The van der Waals surface area contributed by atoms with E-state index in [9.17, 15) is 18.4 Å². The number of carbonyl (C=O) groups is 1. The molecular weight excluding hydrogens is 340 g/mol. The molecule has 3 aromatic rings. The first-order valence-corrected chi connectivity index (χ1v) is 7.99. The number of rotatable bonds is 3. The largest absolute Gasteiger partial charge is 0.335 e. The highest BCUT2D eigenvalue weighted by atomic mass is 19.2. The summed E-state index contributed by atoms with van der Waals surface area (Å²) in [4.78, 5) is 30.9. The van der Waals surface area contributed by atoms with Crippen LogP contribution >= 0.6 is 0 Å². The molecular formula is C19H17F2N3O2. The molecule has 134 valence electrons. The van der Waals surface area contributed by atoms with Gasteiger partial charge in [0, 0.05) is 19.4 Å². The maximum absolute atomic E-state index is 13.5. The summed E-state index contributed by atoms with van der Waals surface area (Å²) < 4.78 is 27.9. The Kier molecular flexibility index (Phi) is 4.54. The highest BCUT2D eigenvalue weighted by molar-refractivity contribution is 5.93. The number of amides is 1. The van der Waals surface area contributed by atoms with Crippen molar-refractivity contribution in [1.29, 1.82) is 0 Å². The van der Waals surface area contributed by atoms with Crippen molar-refractivity contribution in [2.45, 2.75) is 19.9 Å². The molecule has 0 bridgehead atoms. The molecule has 0 spiro atoms. The SMILES string of the molecule is Cc1ccc2ncc(C(=O)N(C)C(C)c3ccc(F)c(F)c3)c(=O)n2c1. The van der Waals surface area contributed by atoms with Gasteiger partial charge in [-0.25, -0.2) is 13.8 Å². The molecule has 0 N–H and O–H groups in total. The van der Waals surface area contributed by atoms with Gasteiger partial charge in [-0.3, -0.25) is 14.0 Å². The summed E-state index contributed by atoms with van der Waals surface area (Å²) in [6.45, 7) is 3.50. The first kappa shape index (κ1) is 17.7. The van der Waals surface area contributed by atoms with Gasteiger partial charge in [0.15, 0.2) is 11.6 Å². The van der Waals surface area contributed by atoms with E-state index >= 15 is 0 Å². The third-order valence-electron chi connectivity index (χ3n) is 4.41. The third-order valence-corrected chi connectivity index (χ3v) is 4.41. The Bertz CT molecular complexity index is 1060. The molecule has 26 heavy (non-hydrogen) atoms. The fraction of sp³-hybridized carbons (Fsp3) is 0.211. The lowest BCUT2D eigenvalue weighted by Crippen LogP contribution is -2.35. The number of aromatic nitrogens is 2. The summed E-state index contributed by atoms with van der Waals surface area (Å²) in [6, 6.07) is 6.41. The molecule has 0 aliphatic rings. The number of nitrogens with zero attached hydrogens (tertiary/aromatic N) is 3. The van der Waals surface area contributed by atoms with Crippen molar-refractivity contribution in [3.05, 3.63) is 81.4 Å². The monoisotopic (exact) mass is 357 g/mol. The van der Waals surface area contributed by atoms with E-state index in [4.69, 9.17) is 0 Å². The standard InChI is InChI=1S/C19H17F2N3O2/c1-11-4-7-17-22-9-14(19(26)24(17)10-11)18(25)23(3)12(2)13-5-6-15(20)16(21)8-13/h4-10,12H,1-3H3. The van der Waals surface area contributed by atoms with Gasteiger partial charge in [0.05, 0.1) is 6.04 Å². The van der Waals surface area contributed by atoms with Gasteiger partial charge in [0.2, 0.25) is 0 Å². The Morgan fingerprint density at radius 3 is 2.62 bits per heavy atom. The highest BCUT2D eigenvalue weighted by Crippen LogP contribution is 2.22. The molecule has 1 atom stereocenters. The number of carbonyl (C=O) groups excluding carboxylic acids is 1. The molecule has 0 aliphatic heterocycles. The first-order valence-electron chi connectivity index (χ1n) is 7.99. The van der Waals surface area contributed by atoms with Gasteiger partial charge in [-0.2, -0.15) is 0 Å². The number of hydrogen-bond donors (Lipinski definition) is 0. The zero-order chi connectivity index (χ0) is 19.0. The Hall–Kier alpha value is -3.09. The average Bonchev–Trinajstić information content (AvgIpc) is 2.63. The van der Waals surface area contributed by atoms with Gasteiger partial charge in [0.1, 0.15) is 11.2 Å². The van der Waals surface area contributed by atoms with E-state index in [-0.39, 0.29) is 5.56 Å². The minimum absolute atomic E-state index is 0.0926. The number of aryl methyl sites for hydroxylation is 1. The lowest BCUT2D eigenvalue weighted by atomic mass is 10.1. The Morgan fingerprint density at radius 2 is 1.92 bits per heavy atom. The van der Waals surface area contributed by atoms with Crippen LogP contribution in [0.4, 0.5) is 8.78 Å². The maximum Gasteiger partial charge on any atom is 0.270 e. The third kappa shape index (κ3) is 3.08. The number of benzene rings is 1. The van der Waals surface area contributed by atoms with Crippen molar-refractivity contribution >= 4 is 11.6 Å². The summed E-state index contributed by atoms with van der Waals surface area (Å²) in [7, 11) is 1.50. The van der Waals surface area contributed by atoms with Crippen LogP contribution in [0.15, 0.2) is 47.5 Å². The first-order chi connectivity index (χ1) is 12.3. The van der Waals surface area contributed by atoms with E-state index in [0.717, 1.165) is 17.7 Å². The number of pyridine rings is 1. The van der Waals surface area contributed by atoms with E-state index in [2.05, 4.69) is 4.98 Å². The molecule has 2 heterocycles. The second-order valence-corrected chi connectivity index (χ2v) is 6.18. The summed E-state index contributed by atoms with van der Waals surface area (Å²) in [5.74, 6) is -2.49. The zero-order valence-corrected chi connectivity index (χ0v) is 14.5. The minimum atomic E-state index is -0.988. The molecule has 0 radical (unpaired) electrons. The van der Waals surface area contributed by atoms with Crippen LogP contribution in [0.2, 0.25) is 0 Å². The van der Waals surface area contributed by atoms with Gasteiger partial charge in [-0.15, -0.1) is 0 Å². The Labute approximate surface area is 148 Å². The van der Waals surface area contributed by atoms with Crippen LogP contribution in [-0.4, -0.2) is 27.2 Å². The maximum atomic E-state index is 13.5. The van der Waals surface area contributed by atoms with Crippen LogP contribution < -0.4 is 5.56 Å². The van der Waals surface area contributed by atoms with Crippen molar-refractivity contribution in [3.8, 4) is 0 Å². The van der Waals surface area contributed by atoms with E-state index in [1.165, 1.54) is 28.6 Å². The predicted molar refractivity (Wildman–Crippen MR) is 93.1 cm³/mol. The Balaban J connectivity index is 1.97. The van der Waals surface area contributed by atoms with Crippen molar-refractivity contribution in [1.82, 2.24) is 14.3 Å². The fourth-order valence-corrected chi connectivity index (χ4v) is 2.69. The lowest BCUT2D eigenvalue weighted by molar-refractivity contribution is 0.0740. The molecule has 2 aromatic heterocycles. The normalized spacial score (nSPS) is 12.2. The molecule has 7 heteroatoms. The molecule has 0 aliphatic carbocycles. The van der Waals surface area contributed by atoms with Crippen LogP contribution in [0.25, 0.3) is 5.65 Å². The molecule has 5 nitrogen and oxygen atoms in total. The summed E-state index contributed by atoms with van der Waals surface area (Å²) in [5.41, 5.74) is 1.14. The van der Waals surface area contributed by atoms with Crippen LogP contribution in [0, 0.1) is 18.6 Å². The van der Waals surface area contributed by atoms with Gasteiger partial charge in [-0.1, -0.05) is 12.1 Å². The smallest absolute Gasteiger partial charge is 0.270 e. The average molecular weight is 357 g/mol. The topological polar surface area (TPSA) is 54.7 Å². The van der Waals surface area contributed by atoms with Crippen LogP contribution in [0.5, 0.6) is 0 Å². The lowest BCUT2D eigenvalue weighted by Gasteiger charge is -2.25. The molecule has 1 aromatic carbocycles. The van der Waals surface area contributed by atoms with E-state index in [1.807, 2.05) is 13.0 Å². The van der Waals surface area contributed by atoms with Gasteiger partial charge >= 0.3 is 0 Å². The van der Waals surface area contributed by atoms with Crippen LogP contribution in [-0.2, 0) is 0 Å². The van der Waals surface area contributed by atoms with Crippen molar-refractivity contribution < 1.29 is 13.6 Å². The molecule has 1 unspecified atom stereocenters. The van der Waals surface area contributed by atoms with Gasteiger partial charge in [-0.05, 0) is 43.2 Å². The minimum Gasteiger partial charge on any atom is -0.335 e. The van der Waals surface area contributed by atoms with Gasteiger partial charge in [0.25, 0.3) is 11.5 Å². The molecule has 0 saturated heterocycles. The quantitative estimate of drug-likeness (QED) is 0.724. The van der Waals surface area contributed by atoms with Crippen molar-refractivity contribution in [2.75, 3.05) is 7.05 Å². The second-order valence-electron chi connectivity index (χ2n) is 6.18. The van der Waals surface area contributed by atoms with Crippen molar-refractivity contribution in [3.63, 3.8) is 0 Å². The number of fused-ring (bicyclic) bond motifs is 1. The molecule has 0 saturated carbocycles. The molecule has 1 amide bonds. The number of halogens is 2. The molecule has 0 fully saturated rings. The second kappa shape index (κ2) is 6.67. The summed E-state index contributed by atoms with van der Waals surface area (Å²) in [5, 5.41) is 0. The van der Waals surface area contributed by atoms with E-state index < -0.39 is 29.1 Å².